The first-order valence-electron chi connectivity index (χ1n) is 4.12. The molecule has 1 aliphatic carbocycles. The number of rotatable bonds is 2. The van der Waals surface area contributed by atoms with Crippen molar-refractivity contribution in [1.29, 1.82) is 0 Å². The zero-order valence-electron chi connectivity index (χ0n) is 7.47. The molecule has 0 amide bonds. The number of hydrogen-bond donors (Lipinski definition) is 3. The van der Waals surface area contributed by atoms with Gasteiger partial charge in [-0.1, -0.05) is 24.3 Å². The van der Waals surface area contributed by atoms with E-state index in [9.17, 15) is 4.79 Å². The minimum Gasteiger partial charge on any atom is -0.481 e. The minimum atomic E-state index is -0.972. The van der Waals surface area contributed by atoms with E-state index in [0.717, 1.165) is 0 Å². The molecule has 0 bridgehead atoms. The zero-order chi connectivity index (χ0) is 10.1. The molecule has 3 atom stereocenters. The van der Waals surface area contributed by atoms with Crippen LogP contribution in [0.5, 0.6) is 0 Å². The quantitative estimate of drug-likeness (QED) is 0.554. The third-order valence-corrected chi connectivity index (χ3v) is 2.51. The predicted octanol–water partition coefficient (Wildman–Crippen LogP) is -0.142. The van der Waals surface area contributed by atoms with Gasteiger partial charge in [0.2, 0.25) is 0 Å². The summed E-state index contributed by atoms with van der Waals surface area (Å²) in [6.07, 6.45) is 6.85. The smallest absolute Gasteiger partial charge is 0.308 e. The van der Waals surface area contributed by atoms with E-state index < -0.39 is 23.5 Å². The van der Waals surface area contributed by atoms with E-state index in [1.165, 1.54) is 0 Å². The van der Waals surface area contributed by atoms with Crippen molar-refractivity contribution >= 4 is 5.97 Å². The Morgan fingerprint density at radius 3 is 2.69 bits per heavy atom. The van der Waals surface area contributed by atoms with Gasteiger partial charge in [0.1, 0.15) is 0 Å². The second-order valence-corrected chi connectivity index (χ2v) is 3.33. The van der Waals surface area contributed by atoms with Crippen LogP contribution in [-0.2, 0) is 4.79 Å². The van der Waals surface area contributed by atoms with Crippen molar-refractivity contribution < 1.29 is 9.90 Å². The molecular formula is C9H14N2O2. The van der Waals surface area contributed by atoms with Crippen molar-refractivity contribution in [3.8, 4) is 0 Å². The third kappa shape index (κ3) is 1.64. The molecule has 1 rings (SSSR count). The highest BCUT2D eigenvalue weighted by molar-refractivity contribution is 5.72. The summed E-state index contributed by atoms with van der Waals surface area (Å²) in [4.78, 5) is 10.8. The molecule has 0 spiro atoms. The molecule has 0 radical (unpaired) electrons. The normalized spacial score (nSPS) is 34.5. The molecule has 0 saturated carbocycles. The molecule has 3 unspecified atom stereocenters. The molecule has 0 aromatic carbocycles. The van der Waals surface area contributed by atoms with Crippen LogP contribution in [0.3, 0.4) is 0 Å². The lowest BCUT2D eigenvalue weighted by Crippen LogP contribution is -2.59. The van der Waals surface area contributed by atoms with E-state index in [0.29, 0.717) is 0 Å². The first-order valence-corrected chi connectivity index (χ1v) is 4.12. The van der Waals surface area contributed by atoms with Gasteiger partial charge < -0.3 is 16.6 Å². The summed E-state index contributed by atoms with van der Waals surface area (Å²) in [6, 6.07) is -0.441. The lowest BCUT2D eigenvalue weighted by molar-refractivity contribution is -0.142. The van der Waals surface area contributed by atoms with Gasteiger partial charge in [0.05, 0.1) is 11.5 Å². The number of carbonyl (C=O) groups is 1. The second-order valence-electron chi connectivity index (χ2n) is 3.33. The lowest BCUT2D eigenvalue weighted by atomic mass is 9.77. The molecule has 72 valence electrons. The Hall–Kier alpha value is -1.13. The summed E-state index contributed by atoms with van der Waals surface area (Å²) < 4.78 is 0. The predicted molar refractivity (Wildman–Crippen MR) is 50.0 cm³/mol. The largest absolute Gasteiger partial charge is 0.481 e. The zero-order valence-corrected chi connectivity index (χ0v) is 7.47. The van der Waals surface area contributed by atoms with Crippen LogP contribution in [0.2, 0.25) is 0 Å². The van der Waals surface area contributed by atoms with Crippen LogP contribution in [0.25, 0.3) is 0 Å². The van der Waals surface area contributed by atoms with Gasteiger partial charge in [0.25, 0.3) is 0 Å². The van der Waals surface area contributed by atoms with Gasteiger partial charge in [-0.25, -0.2) is 0 Å². The van der Waals surface area contributed by atoms with Crippen molar-refractivity contribution in [2.75, 3.05) is 0 Å². The molecule has 0 aromatic heterocycles. The van der Waals surface area contributed by atoms with E-state index in [1.807, 2.05) is 0 Å². The molecule has 0 fully saturated rings. The van der Waals surface area contributed by atoms with E-state index in [1.54, 1.807) is 31.2 Å². The van der Waals surface area contributed by atoms with E-state index in [4.69, 9.17) is 16.6 Å². The Morgan fingerprint density at radius 1 is 1.62 bits per heavy atom. The van der Waals surface area contributed by atoms with Crippen LogP contribution in [-0.4, -0.2) is 22.7 Å². The van der Waals surface area contributed by atoms with Crippen molar-refractivity contribution in [3.05, 3.63) is 24.3 Å². The summed E-state index contributed by atoms with van der Waals surface area (Å²) in [5.74, 6) is -1.62. The summed E-state index contributed by atoms with van der Waals surface area (Å²) in [5, 5.41) is 8.82. The van der Waals surface area contributed by atoms with Crippen molar-refractivity contribution in [1.82, 2.24) is 0 Å². The summed E-state index contributed by atoms with van der Waals surface area (Å²) in [7, 11) is 0. The molecule has 0 aliphatic heterocycles. The molecule has 4 nitrogen and oxygen atoms in total. The third-order valence-electron chi connectivity index (χ3n) is 2.51. The maximum Gasteiger partial charge on any atom is 0.308 e. The average Bonchev–Trinajstić information content (AvgIpc) is 2.09. The van der Waals surface area contributed by atoms with Gasteiger partial charge in [0.15, 0.2) is 0 Å². The van der Waals surface area contributed by atoms with Gasteiger partial charge in [-0.05, 0) is 6.92 Å². The van der Waals surface area contributed by atoms with Crippen LogP contribution in [0, 0.1) is 5.92 Å². The lowest BCUT2D eigenvalue weighted by Gasteiger charge is -2.35. The second kappa shape index (κ2) is 3.32. The number of hydrogen-bond acceptors (Lipinski definition) is 3. The van der Waals surface area contributed by atoms with Crippen molar-refractivity contribution in [2.45, 2.75) is 18.5 Å². The number of carboxylic acid groups (broad SMARTS) is 1. The van der Waals surface area contributed by atoms with Crippen LogP contribution in [0.15, 0.2) is 24.3 Å². The highest BCUT2D eigenvalue weighted by Gasteiger charge is 2.39. The van der Waals surface area contributed by atoms with Crippen LogP contribution in [0.4, 0.5) is 0 Å². The molecule has 1 aliphatic rings. The highest BCUT2D eigenvalue weighted by atomic mass is 16.4. The SMILES string of the molecule is CC(C(=O)O)C1(N)C=CC=CC1N. The van der Waals surface area contributed by atoms with Gasteiger partial charge in [-0.2, -0.15) is 0 Å². The first-order chi connectivity index (χ1) is 5.98. The Kier molecular flexibility index (Phi) is 2.54. The fourth-order valence-electron chi connectivity index (χ4n) is 1.33. The molecule has 0 aromatic rings. The van der Waals surface area contributed by atoms with Crippen LogP contribution in [0.1, 0.15) is 6.92 Å². The van der Waals surface area contributed by atoms with E-state index in [2.05, 4.69) is 0 Å². The number of carboxylic acids is 1. The first kappa shape index (κ1) is 9.95. The molecule has 0 saturated heterocycles. The Morgan fingerprint density at radius 2 is 2.23 bits per heavy atom. The van der Waals surface area contributed by atoms with Crippen LogP contribution < -0.4 is 11.5 Å². The molecule has 5 N–H and O–H groups in total. The average molecular weight is 182 g/mol. The fourth-order valence-corrected chi connectivity index (χ4v) is 1.33. The Balaban J connectivity index is 2.93. The van der Waals surface area contributed by atoms with E-state index >= 15 is 0 Å². The number of allylic oxidation sites excluding steroid dienone is 2. The standard InChI is InChI=1S/C9H14N2O2/c1-6(8(12)13)9(11)5-3-2-4-7(9)10/h2-7H,10-11H2,1H3,(H,12,13). The number of nitrogens with two attached hydrogens (primary N) is 2. The van der Waals surface area contributed by atoms with Gasteiger partial charge in [-0.3, -0.25) is 4.79 Å². The monoisotopic (exact) mass is 182 g/mol. The fraction of sp³-hybridized carbons (Fsp3) is 0.444. The molecule has 13 heavy (non-hydrogen) atoms. The molecule has 0 heterocycles. The van der Waals surface area contributed by atoms with Gasteiger partial charge in [-0.15, -0.1) is 0 Å². The van der Waals surface area contributed by atoms with Crippen LogP contribution >= 0.6 is 0 Å². The summed E-state index contributed by atoms with van der Waals surface area (Å²) >= 11 is 0. The maximum atomic E-state index is 10.8. The minimum absolute atomic E-state index is 0.441. The highest BCUT2D eigenvalue weighted by Crippen LogP contribution is 2.23. The topological polar surface area (TPSA) is 89.3 Å². The van der Waals surface area contributed by atoms with Crippen molar-refractivity contribution in [3.63, 3.8) is 0 Å². The Bertz CT molecular complexity index is 273. The van der Waals surface area contributed by atoms with E-state index in [-0.39, 0.29) is 0 Å². The number of aliphatic carboxylic acids is 1. The summed E-state index contributed by atoms with van der Waals surface area (Å²) in [5.41, 5.74) is 10.7. The molecule has 4 heteroatoms. The van der Waals surface area contributed by atoms with Gasteiger partial charge in [0, 0.05) is 6.04 Å². The van der Waals surface area contributed by atoms with Crippen molar-refractivity contribution in [2.24, 2.45) is 17.4 Å². The summed E-state index contributed by atoms with van der Waals surface area (Å²) in [6.45, 7) is 1.56. The maximum absolute atomic E-state index is 10.8. The molecular weight excluding hydrogens is 168 g/mol. The van der Waals surface area contributed by atoms with Gasteiger partial charge >= 0.3 is 5.97 Å². The Labute approximate surface area is 76.9 Å².